The third-order valence-electron chi connectivity index (χ3n) is 2.49. The fraction of sp³-hybridized carbons (Fsp3) is 0.0769. The Morgan fingerprint density at radius 3 is 2.22 bits per heavy atom. The molecule has 0 aliphatic rings. The molecule has 2 aromatic rings. The lowest BCUT2D eigenvalue weighted by Gasteiger charge is -2.12. The summed E-state index contributed by atoms with van der Waals surface area (Å²) in [5, 5.41) is 4.63. The fourth-order valence-electron chi connectivity index (χ4n) is 1.54. The fourth-order valence-corrected chi connectivity index (χ4v) is 2.16. The van der Waals surface area contributed by atoms with Crippen LogP contribution in [0.25, 0.3) is 0 Å². The van der Waals surface area contributed by atoms with Gasteiger partial charge in [-0.3, -0.25) is 0 Å². The minimum Gasteiger partial charge on any atom is -0.397 e. The summed E-state index contributed by atoms with van der Waals surface area (Å²) in [5.41, 5.74) is 8.92. The number of hydrogen-bond donors (Lipinski definition) is 2. The second kappa shape index (κ2) is 5.27. The summed E-state index contributed by atoms with van der Waals surface area (Å²) in [6.45, 7) is 1.98. The highest BCUT2D eigenvalue weighted by Gasteiger charge is 2.07. The van der Waals surface area contributed by atoms with Gasteiger partial charge in [0, 0.05) is 0 Å². The van der Waals surface area contributed by atoms with E-state index in [-0.39, 0.29) is 0 Å². The monoisotopic (exact) mass is 300 g/mol. The van der Waals surface area contributed by atoms with E-state index in [1.807, 2.05) is 25.1 Å². The van der Waals surface area contributed by atoms with E-state index in [4.69, 9.17) is 40.5 Å². The Balaban J connectivity index is 2.37. The summed E-state index contributed by atoms with van der Waals surface area (Å²) in [5.74, 6) is 0. The van der Waals surface area contributed by atoms with Crippen molar-refractivity contribution >= 4 is 51.9 Å². The number of halogens is 3. The van der Waals surface area contributed by atoms with E-state index in [0.717, 1.165) is 11.3 Å². The largest absolute Gasteiger partial charge is 0.397 e. The predicted octanol–water partition coefficient (Wildman–Crippen LogP) is 5.28. The highest BCUT2D eigenvalue weighted by atomic mass is 35.5. The average Bonchev–Trinajstić information content (AvgIpc) is 2.29. The van der Waals surface area contributed by atoms with Crippen LogP contribution < -0.4 is 11.1 Å². The number of benzene rings is 2. The summed E-state index contributed by atoms with van der Waals surface area (Å²) in [7, 11) is 0. The molecule has 0 fully saturated rings. The first-order chi connectivity index (χ1) is 8.47. The molecule has 0 amide bonds. The van der Waals surface area contributed by atoms with Crippen LogP contribution in [0.2, 0.25) is 15.1 Å². The second-order valence-electron chi connectivity index (χ2n) is 3.96. The topological polar surface area (TPSA) is 38.0 Å². The lowest BCUT2D eigenvalue weighted by Crippen LogP contribution is -1.97. The van der Waals surface area contributed by atoms with E-state index in [1.54, 1.807) is 12.1 Å². The Morgan fingerprint density at radius 2 is 1.56 bits per heavy atom. The van der Waals surface area contributed by atoms with Crippen molar-refractivity contribution in [2.45, 2.75) is 6.92 Å². The highest BCUT2D eigenvalue weighted by Crippen LogP contribution is 2.34. The van der Waals surface area contributed by atoms with Crippen molar-refractivity contribution in [3.63, 3.8) is 0 Å². The Hall–Kier alpha value is -1.09. The van der Waals surface area contributed by atoms with Gasteiger partial charge in [0.15, 0.2) is 0 Å². The van der Waals surface area contributed by atoms with Gasteiger partial charge in [-0.25, -0.2) is 0 Å². The molecule has 2 rings (SSSR count). The first-order valence-corrected chi connectivity index (χ1v) is 6.38. The highest BCUT2D eigenvalue weighted by molar-refractivity contribution is 6.42. The van der Waals surface area contributed by atoms with Gasteiger partial charge in [-0.2, -0.15) is 0 Å². The molecule has 0 aliphatic carbocycles. The molecule has 0 radical (unpaired) electrons. The van der Waals surface area contributed by atoms with Gasteiger partial charge in [-0.1, -0.05) is 40.9 Å². The van der Waals surface area contributed by atoms with Crippen molar-refractivity contribution in [1.82, 2.24) is 0 Å². The normalized spacial score (nSPS) is 10.4. The Morgan fingerprint density at radius 1 is 0.889 bits per heavy atom. The first kappa shape index (κ1) is 13.3. The van der Waals surface area contributed by atoms with E-state index in [1.165, 1.54) is 0 Å². The van der Waals surface area contributed by atoms with Crippen LogP contribution in [0.5, 0.6) is 0 Å². The third kappa shape index (κ3) is 2.83. The van der Waals surface area contributed by atoms with Crippen LogP contribution in [0.1, 0.15) is 5.56 Å². The van der Waals surface area contributed by atoms with Gasteiger partial charge in [0.25, 0.3) is 0 Å². The van der Waals surface area contributed by atoms with Crippen molar-refractivity contribution in [2.75, 3.05) is 11.1 Å². The lowest BCUT2D eigenvalue weighted by atomic mass is 10.2. The maximum Gasteiger partial charge on any atom is 0.0643 e. The Labute approximate surface area is 121 Å². The maximum absolute atomic E-state index is 6.14. The molecule has 0 unspecified atom stereocenters. The van der Waals surface area contributed by atoms with E-state index in [2.05, 4.69) is 5.32 Å². The molecule has 0 spiro atoms. The molecular formula is C13H11Cl3N2. The Bertz CT molecular complexity index is 597. The number of nitrogen functional groups attached to an aromatic ring is 1. The first-order valence-electron chi connectivity index (χ1n) is 5.25. The molecule has 0 saturated carbocycles. The van der Waals surface area contributed by atoms with Crippen molar-refractivity contribution in [3.05, 3.63) is 51.0 Å². The summed E-state index contributed by atoms with van der Waals surface area (Å²) < 4.78 is 0. The molecule has 0 bridgehead atoms. The van der Waals surface area contributed by atoms with Crippen LogP contribution in [0.4, 0.5) is 17.1 Å². The number of nitrogens with one attached hydrogen (secondary N) is 1. The minimum absolute atomic E-state index is 0.426. The van der Waals surface area contributed by atoms with Gasteiger partial charge >= 0.3 is 0 Å². The smallest absolute Gasteiger partial charge is 0.0643 e. The van der Waals surface area contributed by atoms with Gasteiger partial charge in [0.05, 0.1) is 32.1 Å². The molecule has 0 atom stereocenters. The van der Waals surface area contributed by atoms with Crippen LogP contribution in [0.3, 0.4) is 0 Å². The van der Waals surface area contributed by atoms with E-state index >= 15 is 0 Å². The molecule has 18 heavy (non-hydrogen) atoms. The number of anilines is 3. The SMILES string of the molecule is Cc1ccc(Nc2cc(Cl)c(Cl)cc2N)c(Cl)c1. The third-order valence-corrected chi connectivity index (χ3v) is 3.52. The van der Waals surface area contributed by atoms with Crippen LogP contribution >= 0.6 is 34.8 Å². The van der Waals surface area contributed by atoms with Crippen LogP contribution in [-0.4, -0.2) is 0 Å². The van der Waals surface area contributed by atoms with Crippen molar-refractivity contribution in [2.24, 2.45) is 0 Å². The van der Waals surface area contributed by atoms with Crippen molar-refractivity contribution < 1.29 is 0 Å². The summed E-state index contributed by atoms with van der Waals surface area (Å²) in [6.07, 6.45) is 0. The van der Waals surface area contributed by atoms with E-state index in [0.29, 0.717) is 26.4 Å². The Kier molecular flexibility index (Phi) is 3.91. The zero-order valence-electron chi connectivity index (χ0n) is 9.60. The van der Waals surface area contributed by atoms with Gasteiger partial charge < -0.3 is 11.1 Å². The molecule has 0 aliphatic heterocycles. The maximum atomic E-state index is 6.14. The molecule has 5 heteroatoms. The molecule has 3 N–H and O–H groups in total. The minimum atomic E-state index is 0.426. The second-order valence-corrected chi connectivity index (χ2v) is 5.18. The summed E-state index contributed by atoms with van der Waals surface area (Å²) in [6, 6.07) is 9.00. The zero-order valence-corrected chi connectivity index (χ0v) is 11.9. The quantitative estimate of drug-likeness (QED) is 0.740. The van der Waals surface area contributed by atoms with Crippen LogP contribution in [-0.2, 0) is 0 Å². The molecule has 0 saturated heterocycles. The van der Waals surface area contributed by atoms with Gasteiger partial charge in [0.2, 0.25) is 0 Å². The lowest BCUT2D eigenvalue weighted by molar-refractivity contribution is 1.45. The number of nitrogens with two attached hydrogens (primary N) is 1. The average molecular weight is 302 g/mol. The van der Waals surface area contributed by atoms with Gasteiger partial charge in [0.1, 0.15) is 0 Å². The van der Waals surface area contributed by atoms with E-state index in [9.17, 15) is 0 Å². The van der Waals surface area contributed by atoms with Gasteiger partial charge in [-0.05, 0) is 36.8 Å². The van der Waals surface area contributed by atoms with E-state index < -0.39 is 0 Å². The number of aryl methyl sites for hydroxylation is 1. The predicted molar refractivity (Wildman–Crippen MR) is 80.3 cm³/mol. The molecule has 94 valence electrons. The molecule has 2 aromatic carbocycles. The zero-order chi connectivity index (χ0) is 13.3. The van der Waals surface area contributed by atoms with Crippen molar-refractivity contribution in [1.29, 1.82) is 0 Å². The molecule has 0 heterocycles. The number of rotatable bonds is 2. The standard InChI is InChI=1S/C13H11Cl3N2/c1-7-2-3-12(10(16)4-7)18-13-6-9(15)8(14)5-11(13)17/h2-6,18H,17H2,1H3. The van der Waals surface area contributed by atoms with Crippen molar-refractivity contribution in [3.8, 4) is 0 Å². The molecule has 2 nitrogen and oxygen atoms in total. The van der Waals surface area contributed by atoms with Crippen LogP contribution in [0.15, 0.2) is 30.3 Å². The molecule has 0 aromatic heterocycles. The summed E-state index contributed by atoms with van der Waals surface area (Å²) in [4.78, 5) is 0. The summed E-state index contributed by atoms with van der Waals surface area (Å²) >= 11 is 18.0. The molecular weight excluding hydrogens is 291 g/mol. The van der Waals surface area contributed by atoms with Crippen LogP contribution in [0, 0.1) is 6.92 Å². The van der Waals surface area contributed by atoms with Gasteiger partial charge in [-0.15, -0.1) is 0 Å². The number of hydrogen-bond acceptors (Lipinski definition) is 2.